The van der Waals surface area contributed by atoms with Crippen LogP contribution in [0.2, 0.25) is 0 Å². The van der Waals surface area contributed by atoms with Gasteiger partial charge >= 0.3 is 5.97 Å². The molecule has 9 heteroatoms. The maximum atomic E-state index is 13.5. The lowest BCUT2D eigenvalue weighted by molar-refractivity contribution is -0.149. The van der Waals surface area contributed by atoms with E-state index >= 15 is 0 Å². The Morgan fingerprint density at radius 1 is 1.28 bits per heavy atom. The molecule has 2 aliphatic heterocycles. The van der Waals surface area contributed by atoms with E-state index in [1.807, 2.05) is 43.3 Å². The lowest BCUT2D eigenvalue weighted by Gasteiger charge is -2.34. The molecular weight excluding hydrogens is 394 g/mol. The van der Waals surface area contributed by atoms with Crippen LogP contribution in [-0.2, 0) is 24.4 Å². The molecule has 29 heavy (non-hydrogen) atoms. The summed E-state index contributed by atoms with van der Waals surface area (Å²) in [6.45, 7) is 2.75. The van der Waals surface area contributed by atoms with Gasteiger partial charge in [-0.05, 0) is 37.5 Å². The number of nitrogens with zero attached hydrogens (tertiary/aromatic N) is 3. The Hall–Kier alpha value is -1.68. The van der Waals surface area contributed by atoms with Crippen molar-refractivity contribution in [1.29, 1.82) is 0 Å². The zero-order valence-electron chi connectivity index (χ0n) is 17.6. The first-order valence-electron chi connectivity index (χ1n) is 10.0. The van der Waals surface area contributed by atoms with Crippen LogP contribution in [0.5, 0.6) is 0 Å². The number of carbonyl (C=O) groups excluding carboxylic acids is 1. The number of anilines is 1. The van der Waals surface area contributed by atoms with E-state index in [0.29, 0.717) is 26.0 Å². The Bertz CT molecular complexity index is 812. The van der Waals surface area contributed by atoms with Gasteiger partial charge in [-0.2, -0.15) is 5.06 Å². The predicted molar refractivity (Wildman–Crippen MR) is 111 cm³/mol. The first-order chi connectivity index (χ1) is 13.8. The summed E-state index contributed by atoms with van der Waals surface area (Å²) in [6.07, 6.45) is 1.30. The van der Waals surface area contributed by atoms with Gasteiger partial charge in [0.05, 0.1) is 25.2 Å². The van der Waals surface area contributed by atoms with Gasteiger partial charge in [0, 0.05) is 39.9 Å². The van der Waals surface area contributed by atoms with E-state index in [-0.39, 0.29) is 19.1 Å². The van der Waals surface area contributed by atoms with Crippen LogP contribution in [0.15, 0.2) is 24.3 Å². The van der Waals surface area contributed by atoms with Gasteiger partial charge in [0.25, 0.3) is 0 Å². The van der Waals surface area contributed by atoms with Crippen molar-refractivity contribution in [3.63, 3.8) is 0 Å². The first-order valence-corrected chi connectivity index (χ1v) is 11.5. The highest BCUT2D eigenvalue weighted by molar-refractivity contribution is 7.89. The van der Waals surface area contributed by atoms with E-state index in [2.05, 4.69) is 0 Å². The van der Waals surface area contributed by atoms with Crippen LogP contribution in [0.4, 0.5) is 5.69 Å². The highest BCUT2D eigenvalue weighted by Crippen LogP contribution is 2.36. The second-order valence-corrected chi connectivity index (χ2v) is 9.96. The number of hydrogen-bond acceptors (Lipinski definition) is 7. The van der Waals surface area contributed by atoms with Crippen molar-refractivity contribution in [2.24, 2.45) is 5.92 Å². The van der Waals surface area contributed by atoms with Gasteiger partial charge in [0.15, 0.2) is 0 Å². The van der Waals surface area contributed by atoms with Crippen LogP contribution in [0.25, 0.3) is 0 Å². The number of carbonyl (C=O) groups is 1. The number of sulfonamides is 1. The van der Waals surface area contributed by atoms with Crippen LogP contribution in [0.3, 0.4) is 0 Å². The molecule has 0 N–H and O–H groups in total. The largest absolute Gasteiger partial charge is 0.466 e. The number of ether oxygens (including phenoxy) is 1. The molecule has 0 aromatic heterocycles. The molecule has 0 radical (unpaired) electrons. The Labute approximate surface area is 173 Å². The standard InChI is InChI=1S/C20H31N3O5S/c1-5-27-20(24)16-7-6-12-23(13-16)29(25,26)18-14-28-22(4)19(18)15-8-10-17(11-9-15)21(2)3/h8-11,16,18-19H,5-7,12-14H2,1-4H3/t16-,18-,19-/m1/s1. The molecule has 162 valence electrons. The van der Waals surface area contributed by atoms with Gasteiger partial charge in [-0.25, -0.2) is 12.7 Å². The third-order valence-corrected chi connectivity index (χ3v) is 7.89. The number of hydroxylamine groups is 2. The van der Waals surface area contributed by atoms with E-state index in [9.17, 15) is 13.2 Å². The fourth-order valence-corrected chi connectivity index (χ4v) is 6.10. The molecule has 1 aromatic rings. The lowest BCUT2D eigenvalue weighted by Crippen LogP contribution is -2.48. The highest BCUT2D eigenvalue weighted by atomic mass is 32.2. The number of hydrogen-bond donors (Lipinski definition) is 0. The molecule has 2 aliphatic rings. The van der Waals surface area contributed by atoms with Crippen LogP contribution in [0, 0.1) is 5.92 Å². The van der Waals surface area contributed by atoms with E-state index < -0.39 is 27.2 Å². The zero-order chi connectivity index (χ0) is 21.2. The van der Waals surface area contributed by atoms with Gasteiger partial charge in [-0.1, -0.05) is 12.1 Å². The number of benzene rings is 1. The summed E-state index contributed by atoms with van der Waals surface area (Å²) in [6, 6.07) is 7.45. The first kappa shape index (κ1) is 22.0. The minimum Gasteiger partial charge on any atom is -0.466 e. The molecule has 3 atom stereocenters. The van der Waals surface area contributed by atoms with Gasteiger partial charge in [-0.3, -0.25) is 9.63 Å². The topological polar surface area (TPSA) is 79.4 Å². The molecule has 0 spiro atoms. The molecule has 1 aromatic carbocycles. The Balaban J connectivity index is 1.82. The molecule has 0 amide bonds. The monoisotopic (exact) mass is 425 g/mol. The number of rotatable bonds is 6. The summed E-state index contributed by atoms with van der Waals surface area (Å²) < 4.78 is 33.5. The smallest absolute Gasteiger partial charge is 0.310 e. The lowest BCUT2D eigenvalue weighted by atomic mass is 10.0. The van der Waals surface area contributed by atoms with Crippen molar-refractivity contribution in [2.45, 2.75) is 31.1 Å². The SMILES string of the molecule is CCOC(=O)[C@@H]1CCCN(S(=O)(=O)[C@@H]2CON(C)[C@@H]2c2ccc(N(C)C)cc2)C1. The molecule has 3 rings (SSSR count). The van der Waals surface area contributed by atoms with E-state index in [1.165, 1.54) is 4.31 Å². The van der Waals surface area contributed by atoms with Crippen molar-refractivity contribution in [3.05, 3.63) is 29.8 Å². The van der Waals surface area contributed by atoms with Crippen molar-refractivity contribution in [3.8, 4) is 0 Å². The quantitative estimate of drug-likeness (QED) is 0.641. The molecule has 0 aliphatic carbocycles. The fraction of sp³-hybridized carbons (Fsp3) is 0.650. The molecule has 2 saturated heterocycles. The van der Waals surface area contributed by atoms with Crippen LogP contribution < -0.4 is 4.90 Å². The summed E-state index contributed by atoms with van der Waals surface area (Å²) in [5.41, 5.74) is 1.94. The van der Waals surface area contributed by atoms with Crippen LogP contribution in [0.1, 0.15) is 31.4 Å². The van der Waals surface area contributed by atoms with Crippen LogP contribution in [-0.4, -0.2) is 76.5 Å². The molecule has 8 nitrogen and oxygen atoms in total. The van der Waals surface area contributed by atoms with Gasteiger partial charge in [0.2, 0.25) is 10.0 Å². The molecule has 2 heterocycles. The number of esters is 1. The normalized spacial score (nSPS) is 26.4. The highest BCUT2D eigenvalue weighted by Gasteiger charge is 2.47. The summed E-state index contributed by atoms with van der Waals surface area (Å²) in [5, 5.41) is 0.901. The maximum absolute atomic E-state index is 13.5. The van der Waals surface area contributed by atoms with Crippen LogP contribution >= 0.6 is 0 Å². The Morgan fingerprint density at radius 2 is 1.97 bits per heavy atom. The van der Waals surface area contributed by atoms with Gasteiger partial charge in [-0.15, -0.1) is 0 Å². The summed E-state index contributed by atoms with van der Waals surface area (Å²) in [5.74, 6) is -0.723. The molecule has 0 bridgehead atoms. The summed E-state index contributed by atoms with van der Waals surface area (Å²) in [4.78, 5) is 19.8. The van der Waals surface area contributed by atoms with Crippen molar-refractivity contribution in [1.82, 2.24) is 9.37 Å². The Morgan fingerprint density at radius 3 is 2.59 bits per heavy atom. The average molecular weight is 426 g/mol. The van der Waals surface area contributed by atoms with Gasteiger partial charge < -0.3 is 9.64 Å². The third kappa shape index (κ3) is 4.58. The molecular formula is C20H31N3O5S. The fourth-order valence-electron chi connectivity index (χ4n) is 4.06. The molecule has 2 fully saturated rings. The average Bonchev–Trinajstić information content (AvgIpc) is 3.10. The van der Waals surface area contributed by atoms with Crippen molar-refractivity contribution >= 4 is 21.7 Å². The van der Waals surface area contributed by atoms with Gasteiger partial charge in [0.1, 0.15) is 5.25 Å². The molecule has 0 unspecified atom stereocenters. The summed E-state index contributed by atoms with van der Waals surface area (Å²) in [7, 11) is 2.03. The van der Waals surface area contributed by atoms with Crippen molar-refractivity contribution < 1.29 is 22.8 Å². The predicted octanol–water partition coefficient (Wildman–Crippen LogP) is 1.64. The maximum Gasteiger partial charge on any atom is 0.310 e. The van der Waals surface area contributed by atoms with E-state index in [1.54, 1.807) is 19.0 Å². The third-order valence-electron chi connectivity index (χ3n) is 5.68. The number of piperidine rings is 1. The second-order valence-electron chi connectivity index (χ2n) is 7.81. The summed E-state index contributed by atoms with van der Waals surface area (Å²) >= 11 is 0. The van der Waals surface area contributed by atoms with E-state index in [0.717, 1.165) is 11.3 Å². The molecule has 0 saturated carbocycles. The van der Waals surface area contributed by atoms with E-state index in [4.69, 9.17) is 9.57 Å². The zero-order valence-corrected chi connectivity index (χ0v) is 18.4. The minimum atomic E-state index is -3.65. The second kappa shape index (κ2) is 8.99. The van der Waals surface area contributed by atoms with Crippen molar-refractivity contribution in [2.75, 3.05) is 52.3 Å². The minimum absolute atomic E-state index is 0.0967. The Kier molecular flexibility index (Phi) is 6.83.